The van der Waals surface area contributed by atoms with Crippen molar-refractivity contribution in [2.24, 2.45) is 0 Å². The molecule has 138 valence electrons. The van der Waals surface area contributed by atoms with Crippen LogP contribution < -0.4 is 5.32 Å². The van der Waals surface area contributed by atoms with Gasteiger partial charge in [0.1, 0.15) is 0 Å². The molecule has 26 heavy (non-hydrogen) atoms. The summed E-state index contributed by atoms with van der Waals surface area (Å²) in [6.45, 7) is 2.43. The van der Waals surface area contributed by atoms with Crippen molar-refractivity contribution in [1.29, 1.82) is 0 Å². The van der Waals surface area contributed by atoms with Crippen LogP contribution >= 0.6 is 0 Å². The van der Waals surface area contributed by atoms with Crippen molar-refractivity contribution in [3.8, 4) is 0 Å². The van der Waals surface area contributed by atoms with E-state index in [1.807, 2.05) is 12.1 Å². The maximum absolute atomic E-state index is 12.5. The molecule has 0 radical (unpaired) electrons. The largest absolute Gasteiger partial charge is 0.416 e. The zero-order chi connectivity index (χ0) is 19.2. The normalized spacial score (nSPS) is 11.1. The van der Waals surface area contributed by atoms with Crippen LogP contribution in [0.1, 0.15) is 18.1 Å². The topological polar surface area (TPSA) is 62.3 Å². The number of anilines is 1. The first-order valence-corrected chi connectivity index (χ1v) is 7.97. The molecule has 0 aliphatic heterocycles. The van der Waals surface area contributed by atoms with E-state index < -0.39 is 23.6 Å². The highest BCUT2D eigenvalue weighted by Crippen LogP contribution is 2.29. The zero-order valence-electron chi connectivity index (χ0n) is 14.1. The first kappa shape index (κ1) is 19.4. The molecule has 0 saturated carbocycles. The van der Waals surface area contributed by atoms with Gasteiger partial charge in [-0.25, -0.2) is 0 Å². The summed E-state index contributed by atoms with van der Waals surface area (Å²) in [5.41, 5.74) is 0.283. The number of halogens is 3. The maximum Gasteiger partial charge on any atom is 0.416 e. The van der Waals surface area contributed by atoms with E-state index in [2.05, 4.69) is 10.3 Å². The Balaban J connectivity index is 1.95. The molecule has 5 nitrogen and oxygen atoms in total. The summed E-state index contributed by atoms with van der Waals surface area (Å²) in [7, 11) is 0. The van der Waals surface area contributed by atoms with Crippen molar-refractivity contribution < 1.29 is 22.8 Å². The predicted molar refractivity (Wildman–Crippen MR) is 90.3 cm³/mol. The molecule has 0 spiro atoms. The van der Waals surface area contributed by atoms with Crippen LogP contribution in [0.5, 0.6) is 0 Å². The molecule has 0 aliphatic carbocycles. The van der Waals surface area contributed by atoms with Gasteiger partial charge in [0.15, 0.2) is 0 Å². The van der Waals surface area contributed by atoms with Gasteiger partial charge in [-0.15, -0.1) is 0 Å². The standard InChI is InChI=1S/C18H18F3N3O2/c1-2-24(12-9-13-7-10-22-11-8-13)17(26)16(25)23-15-5-3-14(4-6-15)18(19,20)21/h3-8,10-11H,2,9,12H2,1H3,(H,23,25). The lowest BCUT2D eigenvalue weighted by Gasteiger charge is -2.20. The summed E-state index contributed by atoms with van der Waals surface area (Å²) in [5, 5.41) is 2.33. The number of likely N-dealkylation sites (N-methyl/N-ethyl adjacent to an activating group) is 1. The van der Waals surface area contributed by atoms with Gasteiger partial charge in [-0.3, -0.25) is 14.6 Å². The second-order valence-electron chi connectivity index (χ2n) is 5.52. The first-order chi connectivity index (χ1) is 12.3. The van der Waals surface area contributed by atoms with E-state index in [9.17, 15) is 22.8 Å². The number of hydrogen-bond donors (Lipinski definition) is 1. The molecule has 2 aromatic rings. The molecule has 1 N–H and O–H groups in total. The van der Waals surface area contributed by atoms with E-state index >= 15 is 0 Å². The van der Waals surface area contributed by atoms with Gasteiger partial charge < -0.3 is 10.2 Å². The van der Waals surface area contributed by atoms with Crippen LogP contribution in [-0.4, -0.2) is 34.8 Å². The van der Waals surface area contributed by atoms with E-state index in [0.717, 1.165) is 29.8 Å². The Morgan fingerprint density at radius 1 is 1.08 bits per heavy atom. The van der Waals surface area contributed by atoms with Gasteiger partial charge in [-0.2, -0.15) is 13.2 Å². The fourth-order valence-corrected chi connectivity index (χ4v) is 2.29. The molecule has 0 bridgehead atoms. The molecule has 1 aromatic carbocycles. The summed E-state index contributed by atoms with van der Waals surface area (Å²) >= 11 is 0. The molecule has 0 unspecified atom stereocenters. The minimum Gasteiger partial charge on any atom is -0.334 e. The number of amides is 2. The number of pyridine rings is 1. The average Bonchev–Trinajstić information content (AvgIpc) is 2.62. The molecule has 1 aromatic heterocycles. The molecular weight excluding hydrogens is 347 g/mol. The summed E-state index contributed by atoms with van der Waals surface area (Å²) in [4.78, 5) is 29.6. The number of alkyl halides is 3. The second kappa shape index (κ2) is 8.46. The van der Waals surface area contributed by atoms with Crippen molar-refractivity contribution in [2.45, 2.75) is 19.5 Å². The predicted octanol–water partition coefficient (Wildman–Crippen LogP) is 3.13. The minimum absolute atomic E-state index is 0.126. The zero-order valence-corrected chi connectivity index (χ0v) is 14.1. The Labute approximate surface area is 148 Å². The lowest BCUT2D eigenvalue weighted by Crippen LogP contribution is -2.40. The van der Waals surface area contributed by atoms with E-state index in [1.54, 1.807) is 19.3 Å². The van der Waals surface area contributed by atoms with Gasteiger partial charge in [-0.1, -0.05) is 0 Å². The molecule has 0 saturated heterocycles. The van der Waals surface area contributed by atoms with Gasteiger partial charge in [0.05, 0.1) is 5.56 Å². The van der Waals surface area contributed by atoms with E-state index in [-0.39, 0.29) is 5.69 Å². The van der Waals surface area contributed by atoms with Gasteiger partial charge in [0.2, 0.25) is 0 Å². The highest BCUT2D eigenvalue weighted by atomic mass is 19.4. The molecule has 0 fully saturated rings. The lowest BCUT2D eigenvalue weighted by molar-refractivity contribution is -0.143. The van der Waals surface area contributed by atoms with Crippen molar-refractivity contribution in [3.05, 3.63) is 59.9 Å². The van der Waals surface area contributed by atoms with Crippen LogP contribution in [0.15, 0.2) is 48.8 Å². The van der Waals surface area contributed by atoms with Crippen molar-refractivity contribution in [3.63, 3.8) is 0 Å². The van der Waals surface area contributed by atoms with E-state index in [4.69, 9.17) is 0 Å². The van der Waals surface area contributed by atoms with Gasteiger partial charge >= 0.3 is 18.0 Å². The van der Waals surface area contributed by atoms with Crippen LogP contribution in [0.2, 0.25) is 0 Å². The number of hydrogen-bond acceptors (Lipinski definition) is 3. The summed E-state index contributed by atoms with van der Waals surface area (Å²) in [6.07, 6.45) is -0.602. The van der Waals surface area contributed by atoms with Crippen LogP contribution in [0.4, 0.5) is 18.9 Å². The number of nitrogens with zero attached hydrogens (tertiary/aromatic N) is 2. The monoisotopic (exact) mass is 365 g/mol. The maximum atomic E-state index is 12.5. The number of nitrogens with one attached hydrogen (secondary N) is 1. The summed E-state index contributed by atoms with van der Waals surface area (Å²) in [6, 6.07) is 7.56. The Hall–Kier alpha value is -2.90. The Kier molecular flexibility index (Phi) is 6.32. The fraction of sp³-hybridized carbons (Fsp3) is 0.278. The molecular formula is C18H18F3N3O2. The van der Waals surface area contributed by atoms with Gasteiger partial charge in [0.25, 0.3) is 0 Å². The molecule has 1 heterocycles. The van der Waals surface area contributed by atoms with Crippen LogP contribution in [-0.2, 0) is 22.2 Å². The number of benzene rings is 1. The summed E-state index contributed by atoms with van der Waals surface area (Å²) < 4.78 is 37.6. The fourth-order valence-electron chi connectivity index (χ4n) is 2.29. The quantitative estimate of drug-likeness (QED) is 0.828. The van der Waals surface area contributed by atoms with E-state index in [1.165, 1.54) is 4.90 Å². The third-order valence-corrected chi connectivity index (χ3v) is 3.75. The van der Waals surface area contributed by atoms with Gasteiger partial charge in [0, 0.05) is 31.2 Å². The number of rotatable bonds is 5. The molecule has 0 atom stereocenters. The van der Waals surface area contributed by atoms with E-state index in [0.29, 0.717) is 19.5 Å². The summed E-state index contributed by atoms with van der Waals surface area (Å²) in [5.74, 6) is -1.62. The van der Waals surface area contributed by atoms with Crippen LogP contribution in [0, 0.1) is 0 Å². The Morgan fingerprint density at radius 3 is 2.23 bits per heavy atom. The third kappa shape index (κ3) is 5.30. The minimum atomic E-state index is -4.45. The van der Waals surface area contributed by atoms with Crippen molar-refractivity contribution >= 4 is 17.5 Å². The number of aromatic nitrogens is 1. The SMILES string of the molecule is CCN(CCc1ccncc1)C(=O)C(=O)Nc1ccc(C(F)(F)F)cc1. The highest BCUT2D eigenvalue weighted by molar-refractivity contribution is 6.39. The Bertz CT molecular complexity index is 747. The lowest BCUT2D eigenvalue weighted by atomic mass is 10.2. The smallest absolute Gasteiger partial charge is 0.334 e. The molecule has 2 amide bonds. The van der Waals surface area contributed by atoms with Crippen LogP contribution in [0.25, 0.3) is 0 Å². The number of carbonyl (C=O) groups excluding carboxylic acids is 2. The van der Waals surface area contributed by atoms with Crippen molar-refractivity contribution in [2.75, 3.05) is 18.4 Å². The first-order valence-electron chi connectivity index (χ1n) is 7.97. The third-order valence-electron chi connectivity index (χ3n) is 3.75. The molecule has 0 aliphatic rings. The average molecular weight is 365 g/mol. The molecule has 2 rings (SSSR count). The highest BCUT2D eigenvalue weighted by Gasteiger charge is 2.30. The number of carbonyl (C=O) groups is 2. The Morgan fingerprint density at radius 2 is 1.69 bits per heavy atom. The van der Waals surface area contributed by atoms with Gasteiger partial charge in [-0.05, 0) is 55.3 Å². The van der Waals surface area contributed by atoms with Crippen LogP contribution in [0.3, 0.4) is 0 Å². The molecule has 8 heteroatoms. The van der Waals surface area contributed by atoms with Crippen molar-refractivity contribution in [1.82, 2.24) is 9.88 Å². The second-order valence-corrected chi connectivity index (χ2v) is 5.52.